The molecule has 0 radical (unpaired) electrons. The SMILES string of the molecule is Cc1cc(C(=O)N2CCC[C@H](CCC(=O)O)C2)no1. The van der Waals surface area contributed by atoms with Gasteiger partial charge in [-0.1, -0.05) is 5.16 Å². The summed E-state index contributed by atoms with van der Waals surface area (Å²) in [5.41, 5.74) is 0.330. The van der Waals surface area contributed by atoms with Crippen molar-refractivity contribution in [2.45, 2.75) is 32.6 Å². The lowest BCUT2D eigenvalue weighted by molar-refractivity contribution is -0.137. The molecule has 1 aromatic heterocycles. The molecular formula is C13H18N2O4. The molecule has 0 aromatic carbocycles. The average Bonchev–Trinajstić information content (AvgIpc) is 2.82. The quantitative estimate of drug-likeness (QED) is 0.896. The first-order valence-corrected chi connectivity index (χ1v) is 6.50. The van der Waals surface area contributed by atoms with E-state index in [2.05, 4.69) is 5.16 Å². The molecule has 104 valence electrons. The summed E-state index contributed by atoms with van der Waals surface area (Å²) >= 11 is 0. The van der Waals surface area contributed by atoms with Crippen LogP contribution in [-0.2, 0) is 4.79 Å². The Morgan fingerprint density at radius 1 is 1.58 bits per heavy atom. The molecule has 6 nitrogen and oxygen atoms in total. The summed E-state index contributed by atoms with van der Waals surface area (Å²) in [6, 6.07) is 1.63. The molecule has 0 bridgehead atoms. The highest BCUT2D eigenvalue weighted by molar-refractivity contribution is 5.92. The molecule has 2 rings (SSSR count). The molecule has 6 heteroatoms. The molecule has 1 N–H and O–H groups in total. The minimum Gasteiger partial charge on any atom is -0.481 e. The molecule has 1 aliphatic rings. The number of nitrogens with zero attached hydrogens (tertiary/aromatic N) is 2. The molecule has 1 atom stereocenters. The molecule has 1 aliphatic heterocycles. The summed E-state index contributed by atoms with van der Waals surface area (Å²) in [7, 11) is 0. The van der Waals surface area contributed by atoms with Gasteiger partial charge in [0.15, 0.2) is 5.69 Å². The Kier molecular flexibility index (Phi) is 4.19. The second kappa shape index (κ2) is 5.86. The van der Waals surface area contributed by atoms with Crippen molar-refractivity contribution in [3.8, 4) is 0 Å². The standard InChI is InChI=1S/C13H18N2O4/c1-9-7-11(14-19-9)13(18)15-6-2-3-10(8-15)4-5-12(16)17/h7,10H,2-6,8H2,1H3,(H,16,17)/t10-/m1/s1. The maximum absolute atomic E-state index is 12.2. The highest BCUT2D eigenvalue weighted by atomic mass is 16.5. The van der Waals surface area contributed by atoms with Crippen LogP contribution >= 0.6 is 0 Å². The maximum Gasteiger partial charge on any atom is 0.303 e. The number of aliphatic carboxylic acids is 1. The van der Waals surface area contributed by atoms with Crippen molar-refractivity contribution in [1.82, 2.24) is 10.1 Å². The fourth-order valence-electron chi connectivity index (χ4n) is 2.44. The van der Waals surface area contributed by atoms with E-state index in [0.717, 1.165) is 12.8 Å². The molecule has 0 unspecified atom stereocenters. The lowest BCUT2D eigenvalue weighted by Crippen LogP contribution is -2.40. The van der Waals surface area contributed by atoms with Crippen LogP contribution in [0.2, 0.25) is 0 Å². The minimum absolute atomic E-state index is 0.128. The topological polar surface area (TPSA) is 83.6 Å². The number of rotatable bonds is 4. The highest BCUT2D eigenvalue weighted by Gasteiger charge is 2.26. The number of likely N-dealkylation sites (tertiary alicyclic amines) is 1. The second-order valence-electron chi connectivity index (χ2n) is 5.01. The lowest BCUT2D eigenvalue weighted by Gasteiger charge is -2.32. The number of carbonyl (C=O) groups excluding carboxylic acids is 1. The maximum atomic E-state index is 12.2. The van der Waals surface area contributed by atoms with E-state index in [1.807, 2.05) is 0 Å². The Hall–Kier alpha value is -1.85. The van der Waals surface area contributed by atoms with Crippen LogP contribution in [0.3, 0.4) is 0 Å². The van der Waals surface area contributed by atoms with Crippen molar-refractivity contribution in [3.05, 3.63) is 17.5 Å². The molecule has 0 spiro atoms. The highest BCUT2D eigenvalue weighted by Crippen LogP contribution is 2.22. The summed E-state index contributed by atoms with van der Waals surface area (Å²) < 4.78 is 4.91. The van der Waals surface area contributed by atoms with Gasteiger partial charge in [-0.05, 0) is 32.1 Å². The van der Waals surface area contributed by atoms with E-state index in [4.69, 9.17) is 9.63 Å². The van der Waals surface area contributed by atoms with Crippen molar-refractivity contribution in [1.29, 1.82) is 0 Å². The Bertz CT molecular complexity index is 469. The monoisotopic (exact) mass is 266 g/mol. The zero-order valence-electron chi connectivity index (χ0n) is 11.0. The van der Waals surface area contributed by atoms with E-state index in [0.29, 0.717) is 31.0 Å². The van der Waals surface area contributed by atoms with E-state index >= 15 is 0 Å². The smallest absolute Gasteiger partial charge is 0.303 e. The predicted octanol–water partition coefficient (Wildman–Crippen LogP) is 1.70. The number of carbonyl (C=O) groups is 2. The molecule has 0 saturated carbocycles. The fraction of sp³-hybridized carbons (Fsp3) is 0.615. The van der Waals surface area contributed by atoms with Gasteiger partial charge in [-0.3, -0.25) is 9.59 Å². The zero-order valence-corrected chi connectivity index (χ0v) is 11.0. The molecule has 2 heterocycles. The van der Waals surface area contributed by atoms with Gasteiger partial charge in [0.05, 0.1) is 0 Å². The molecule has 1 amide bonds. The molecule has 1 saturated heterocycles. The van der Waals surface area contributed by atoms with E-state index in [-0.39, 0.29) is 18.2 Å². The van der Waals surface area contributed by atoms with E-state index in [1.165, 1.54) is 0 Å². The van der Waals surface area contributed by atoms with Crippen LogP contribution in [0.4, 0.5) is 0 Å². The van der Waals surface area contributed by atoms with Crippen LogP contribution in [0.5, 0.6) is 0 Å². The Morgan fingerprint density at radius 2 is 2.37 bits per heavy atom. The van der Waals surface area contributed by atoms with E-state index < -0.39 is 5.97 Å². The first-order chi connectivity index (χ1) is 9.06. The van der Waals surface area contributed by atoms with Crippen molar-refractivity contribution in [2.75, 3.05) is 13.1 Å². The summed E-state index contributed by atoms with van der Waals surface area (Å²) in [6.45, 7) is 3.06. The molecular weight excluding hydrogens is 248 g/mol. The van der Waals surface area contributed by atoms with Crippen LogP contribution in [0.25, 0.3) is 0 Å². The second-order valence-corrected chi connectivity index (χ2v) is 5.01. The number of aryl methyl sites for hydroxylation is 1. The molecule has 1 fully saturated rings. The summed E-state index contributed by atoms with van der Waals surface area (Å²) in [4.78, 5) is 24.5. The number of amides is 1. The van der Waals surface area contributed by atoms with Gasteiger partial charge in [0.1, 0.15) is 5.76 Å². The third kappa shape index (κ3) is 3.56. The number of piperidine rings is 1. The molecule has 1 aromatic rings. The number of hydrogen-bond donors (Lipinski definition) is 1. The van der Waals surface area contributed by atoms with Crippen molar-refractivity contribution in [2.24, 2.45) is 5.92 Å². The van der Waals surface area contributed by atoms with Gasteiger partial charge in [-0.2, -0.15) is 0 Å². The van der Waals surface area contributed by atoms with Crippen molar-refractivity contribution in [3.63, 3.8) is 0 Å². The zero-order chi connectivity index (χ0) is 13.8. The largest absolute Gasteiger partial charge is 0.481 e. The summed E-state index contributed by atoms with van der Waals surface area (Å²) in [5.74, 6) is -0.0305. The van der Waals surface area contributed by atoms with Crippen LogP contribution in [0.15, 0.2) is 10.6 Å². The van der Waals surface area contributed by atoms with Crippen LogP contribution in [-0.4, -0.2) is 40.1 Å². The lowest BCUT2D eigenvalue weighted by atomic mass is 9.93. The van der Waals surface area contributed by atoms with Gasteiger partial charge in [0.2, 0.25) is 0 Å². The number of carboxylic acids is 1. The summed E-state index contributed by atoms with van der Waals surface area (Å²) in [6.07, 6.45) is 2.68. The third-order valence-electron chi connectivity index (χ3n) is 3.42. The first kappa shape index (κ1) is 13.6. The Labute approximate surface area is 111 Å². The van der Waals surface area contributed by atoms with E-state index in [9.17, 15) is 9.59 Å². The van der Waals surface area contributed by atoms with Gasteiger partial charge < -0.3 is 14.5 Å². The van der Waals surface area contributed by atoms with Gasteiger partial charge in [0.25, 0.3) is 5.91 Å². The van der Waals surface area contributed by atoms with Crippen LogP contribution in [0, 0.1) is 12.8 Å². The fourth-order valence-corrected chi connectivity index (χ4v) is 2.44. The molecule has 19 heavy (non-hydrogen) atoms. The average molecular weight is 266 g/mol. The van der Waals surface area contributed by atoms with Gasteiger partial charge in [0, 0.05) is 25.6 Å². The normalized spacial score (nSPS) is 19.4. The van der Waals surface area contributed by atoms with Crippen LogP contribution in [0.1, 0.15) is 41.9 Å². The predicted molar refractivity (Wildman–Crippen MR) is 66.7 cm³/mol. The third-order valence-corrected chi connectivity index (χ3v) is 3.42. The van der Waals surface area contributed by atoms with Crippen molar-refractivity contribution >= 4 is 11.9 Å². The van der Waals surface area contributed by atoms with Gasteiger partial charge in [-0.15, -0.1) is 0 Å². The number of hydrogen-bond acceptors (Lipinski definition) is 4. The minimum atomic E-state index is -0.782. The van der Waals surface area contributed by atoms with Crippen LogP contribution < -0.4 is 0 Å². The van der Waals surface area contributed by atoms with Crippen molar-refractivity contribution < 1.29 is 19.2 Å². The first-order valence-electron chi connectivity index (χ1n) is 6.50. The van der Waals surface area contributed by atoms with E-state index in [1.54, 1.807) is 17.9 Å². The number of carboxylic acid groups (broad SMARTS) is 1. The summed E-state index contributed by atoms with van der Waals surface area (Å²) in [5, 5.41) is 12.4. The van der Waals surface area contributed by atoms with Gasteiger partial charge >= 0.3 is 5.97 Å². The number of aromatic nitrogens is 1. The van der Waals surface area contributed by atoms with Gasteiger partial charge in [-0.25, -0.2) is 0 Å². The Morgan fingerprint density at radius 3 is 3.00 bits per heavy atom. The molecule has 0 aliphatic carbocycles. The Balaban J connectivity index is 1.93.